The molecule has 0 spiro atoms. The molecule has 60 heavy (non-hydrogen) atoms. The van der Waals surface area contributed by atoms with E-state index >= 15 is 0 Å². The lowest BCUT2D eigenvalue weighted by molar-refractivity contribution is -0.870. The molecule has 0 saturated heterocycles. The number of aliphatic hydroxyl groups is 1. The second-order valence-electron chi connectivity index (χ2n) is 18.9. The number of amides is 1. The Morgan fingerprint density at radius 1 is 0.567 bits per heavy atom. The predicted molar refractivity (Wildman–Crippen MR) is 256 cm³/mol. The molecule has 0 aromatic heterocycles. The smallest absolute Gasteiger partial charge is 0.268 e. The number of likely N-dealkylation sites (N-methyl/N-ethyl adjacent to an activating group) is 1. The number of carbonyl (C=O) groups is 1. The molecule has 3 atom stereocenters. The monoisotopic (exact) mass is 869 g/mol. The minimum atomic E-state index is -4.58. The average Bonchev–Trinajstić information content (AvgIpc) is 3.20. The van der Waals surface area contributed by atoms with E-state index in [-0.39, 0.29) is 19.1 Å². The lowest BCUT2D eigenvalue weighted by Crippen LogP contribution is -2.45. The lowest BCUT2D eigenvalue weighted by atomic mass is 10.0. The number of carbonyl (C=O) groups excluding carboxylic acids is 1. The molecule has 0 aromatic rings. The molecule has 0 bridgehead atoms. The molecule has 3 unspecified atom stereocenters. The summed E-state index contributed by atoms with van der Waals surface area (Å²) in [5.41, 5.74) is 0. The molecule has 0 aliphatic heterocycles. The molecule has 8 nitrogen and oxygen atoms in total. The van der Waals surface area contributed by atoms with E-state index in [9.17, 15) is 19.4 Å². The molecule has 0 rings (SSSR count). The van der Waals surface area contributed by atoms with Gasteiger partial charge in [0.2, 0.25) is 5.91 Å². The van der Waals surface area contributed by atoms with E-state index in [2.05, 4.69) is 31.3 Å². The largest absolute Gasteiger partial charge is 0.756 e. The van der Waals surface area contributed by atoms with Gasteiger partial charge in [-0.25, -0.2) is 0 Å². The Labute approximate surface area is 373 Å². The van der Waals surface area contributed by atoms with Crippen LogP contribution >= 0.6 is 7.82 Å². The van der Waals surface area contributed by atoms with Crippen molar-refractivity contribution in [3.8, 4) is 0 Å². The topological polar surface area (TPSA) is 108 Å². The van der Waals surface area contributed by atoms with Crippen LogP contribution in [0.2, 0.25) is 0 Å². The van der Waals surface area contributed by atoms with E-state index in [4.69, 9.17) is 9.05 Å². The summed E-state index contributed by atoms with van der Waals surface area (Å²) in [7, 11) is 1.27. The van der Waals surface area contributed by atoms with Crippen LogP contribution in [0.5, 0.6) is 0 Å². The van der Waals surface area contributed by atoms with E-state index in [0.717, 1.165) is 38.5 Å². The van der Waals surface area contributed by atoms with Crippen molar-refractivity contribution >= 4 is 13.7 Å². The summed E-state index contributed by atoms with van der Waals surface area (Å²) in [6.45, 7) is 4.63. The summed E-state index contributed by atoms with van der Waals surface area (Å²) < 4.78 is 23.2. The first-order chi connectivity index (χ1) is 29.0. The maximum Gasteiger partial charge on any atom is 0.268 e. The van der Waals surface area contributed by atoms with Crippen molar-refractivity contribution in [2.24, 2.45) is 0 Å². The van der Waals surface area contributed by atoms with Crippen molar-refractivity contribution in [2.75, 3.05) is 40.9 Å². The molecule has 356 valence electrons. The molecular weight excluding hydrogens is 768 g/mol. The Kier molecular flexibility index (Phi) is 42.5. The zero-order valence-corrected chi connectivity index (χ0v) is 41.3. The highest BCUT2D eigenvalue weighted by Gasteiger charge is 2.23. The Hall–Kier alpha value is -1.02. The number of nitrogens with one attached hydrogen (secondary N) is 1. The fraction of sp³-hybridized carbons (Fsp3) is 0.902. The number of quaternary nitrogens is 1. The fourth-order valence-corrected chi connectivity index (χ4v) is 8.28. The number of hydrogen-bond acceptors (Lipinski definition) is 6. The van der Waals surface area contributed by atoms with E-state index < -0.39 is 20.0 Å². The zero-order valence-electron chi connectivity index (χ0n) is 40.4. The maximum atomic E-state index is 12.9. The van der Waals surface area contributed by atoms with Gasteiger partial charge in [-0.1, -0.05) is 218 Å². The van der Waals surface area contributed by atoms with Crippen LogP contribution in [0.4, 0.5) is 0 Å². The van der Waals surface area contributed by atoms with Gasteiger partial charge in [0.1, 0.15) is 13.2 Å². The Balaban J connectivity index is 4.00. The van der Waals surface area contributed by atoms with Crippen LogP contribution < -0.4 is 10.2 Å². The number of unbranched alkanes of at least 4 members (excludes halogenated alkanes) is 32. The van der Waals surface area contributed by atoms with Crippen LogP contribution in [0.1, 0.15) is 245 Å². The number of allylic oxidation sites excluding steroid dienone is 3. The third kappa shape index (κ3) is 45.0. The highest BCUT2D eigenvalue weighted by molar-refractivity contribution is 7.45. The first-order valence-corrected chi connectivity index (χ1v) is 27.2. The summed E-state index contributed by atoms with van der Waals surface area (Å²) in [5.74, 6) is -0.198. The van der Waals surface area contributed by atoms with Gasteiger partial charge >= 0.3 is 0 Å². The predicted octanol–water partition coefficient (Wildman–Crippen LogP) is 14.2. The van der Waals surface area contributed by atoms with Gasteiger partial charge in [-0.2, -0.15) is 0 Å². The number of phosphoric ester groups is 1. The second-order valence-corrected chi connectivity index (χ2v) is 20.3. The molecule has 9 heteroatoms. The molecule has 0 aromatic carbocycles. The van der Waals surface area contributed by atoms with Gasteiger partial charge in [-0.3, -0.25) is 9.36 Å². The Bertz CT molecular complexity index is 1030. The van der Waals surface area contributed by atoms with Crippen molar-refractivity contribution in [1.29, 1.82) is 0 Å². The van der Waals surface area contributed by atoms with Gasteiger partial charge in [-0.05, 0) is 44.9 Å². The second kappa shape index (κ2) is 43.2. The molecule has 1 amide bonds. The molecule has 2 N–H and O–H groups in total. The van der Waals surface area contributed by atoms with E-state index in [1.807, 2.05) is 27.2 Å². The number of hydrogen-bond donors (Lipinski definition) is 2. The summed E-state index contributed by atoms with van der Waals surface area (Å²) in [4.78, 5) is 25.3. The number of nitrogens with zero attached hydrogens (tertiary/aromatic N) is 1. The van der Waals surface area contributed by atoms with Crippen molar-refractivity contribution < 1.29 is 32.9 Å². The molecule has 0 aliphatic rings. The van der Waals surface area contributed by atoms with E-state index in [0.29, 0.717) is 17.4 Å². The quantitative estimate of drug-likeness (QED) is 0.0273. The highest BCUT2D eigenvalue weighted by atomic mass is 31.2. The molecule has 0 heterocycles. The zero-order chi connectivity index (χ0) is 44.3. The van der Waals surface area contributed by atoms with Crippen LogP contribution in [-0.2, 0) is 18.4 Å². The Morgan fingerprint density at radius 2 is 0.917 bits per heavy atom. The minimum Gasteiger partial charge on any atom is -0.756 e. The van der Waals surface area contributed by atoms with E-state index in [1.54, 1.807) is 6.08 Å². The SMILES string of the molecule is CCCCCCCCC/C=C/C(O)C(COP(=O)([O-])OCC[N+](C)(C)C)NC(=O)CCCCCCCCCCCCCCC/C=C\CCCCCCCCCCCCCC. The molecular formula is C51H101N2O6P. The standard InChI is InChI=1S/C51H101N2O6P/c1-6-8-10-12-14-16-17-18-19-20-21-22-23-24-25-26-27-28-29-30-31-32-33-34-35-37-39-41-43-45-51(55)52-49(48-59-60(56,57)58-47-46-53(3,4)5)50(54)44-42-40-38-36-15-13-11-9-7-2/h24-25,42,44,49-50,54H,6-23,26-41,43,45-48H2,1-5H3,(H-,52,55,56,57)/b25-24-,44-42+. The lowest BCUT2D eigenvalue weighted by Gasteiger charge is -2.29. The summed E-state index contributed by atoms with van der Waals surface area (Å²) in [6, 6.07) is -0.882. The van der Waals surface area contributed by atoms with Gasteiger partial charge in [0.05, 0.1) is 39.9 Å². The first-order valence-electron chi connectivity index (χ1n) is 25.7. The molecule has 0 saturated carbocycles. The molecule has 0 aliphatic carbocycles. The van der Waals surface area contributed by atoms with Gasteiger partial charge in [0.15, 0.2) is 0 Å². The number of phosphoric acid groups is 1. The van der Waals surface area contributed by atoms with Gasteiger partial charge in [0.25, 0.3) is 7.82 Å². The van der Waals surface area contributed by atoms with Gasteiger partial charge < -0.3 is 28.8 Å². The fourth-order valence-electron chi connectivity index (χ4n) is 7.56. The molecule has 0 radical (unpaired) electrons. The van der Waals surface area contributed by atoms with Crippen LogP contribution in [-0.4, -0.2) is 68.5 Å². The van der Waals surface area contributed by atoms with Crippen molar-refractivity contribution in [2.45, 2.75) is 257 Å². The molecule has 0 fully saturated rings. The van der Waals surface area contributed by atoms with Crippen molar-refractivity contribution in [3.05, 3.63) is 24.3 Å². The number of aliphatic hydroxyl groups excluding tert-OH is 1. The van der Waals surface area contributed by atoms with Crippen LogP contribution in [0, 0.1) is 0 Å². The minimum absolute atomic E-state index is 0.000190. The van der Waals surface area contributed by atoms with Crippen LogP contribution in [0.15, 0.2) is 24.3 Å². The van der Waals surface area contributed by atoms with Crippen molar-refractivity contribution in [3.63, 3.8) is 0 Å². The third-order valence-corrected chi connectivity index (χ3v) is 12.6. The summed E-state index contributed by atoms with van der Waals surface area (Å²) in [5, 5.41) is 13.7. The highest BCUT2D eigenvalue weighted by Crippen LogP contribution is 2.38. The first kappa shape index (κ1) is 59.0. The van der Waals surface area contributed by atoms with Gasteiger partial charge in [-0.15, -0.1) is 0 Å². The van der Waals surface area contributed by atoms with Crippen molar-refractivity contribution in [1.82, 2.24) is 5.32 Å². The van der Waals surface area contributed by atoms with Crippen LogP contribution in [0.25, 0.3) is 0 Å². The average molecular weight is 869 g/mol. The van der Waals surface area contributed by atoms with Gasteiger partial charge in [0, 0.05) is 6.42 Å². The normalized spacial score (nSPS) is 14.3. The third-order valence-electron chi connectivity index (χ3n) is 11.7. The maximum absolute atomic E-state index is 12.9. The summed E-state index contributed by atoms with van der Waals surface area (Å²) in [6.07, 6.45) is 52.6. The summed E-state index contributed by atoms with van der Waals surface area (Å²) >= 11 is 0. The Morgan fingerprint density at radius 3 is 1.30 bits per heavy atom. The van der Waals surface area contributed by atoms with Crippen LogP contribution in [0.3, 0.4) is 0 Å². The van der Waals surface area contributed by atoms with E-state index in [1.165, 1.54) is 186 Å². The number of rotatable bonds is 47.